The van der Waals surface area contributed by atoms with E-state index >= 15 is 0 Å². The van der Waals surface area contributed by atoms with Crippen molar-refractivity contribution >= 4 is 22.0 Å². The number of amides is 2. The zero-order chi connectivity index (χ0) is 19.8. The van der Waals surface area contributed by atoms with Gasteiger partial charge in [-0.25, -0.2) is 4.79 Å². The topological polar surface area (TPSA) is 53.6 Å². The number of morpholine rings is 1. The second-order valence-corrected chi connectivity index (χ2v) is 7.96. The first kappa shape index (κ1) is 20.8. The van der Waals surface area contributed by atoms with E-state index in [9.17, 15) is 4.79 Å². The third-order valence-corrected chi connectivity index (χ3v) is 5.50. The van der Waals surface area contributed by atoms with Gasteiger partial charge in [0.25, 0.3) is 0 Å². The fourth-order valence-corrected chi connectivity index (χ4v) is 3.55. The van der Waals surface area contributed by atoms with Crippen molar-refractivity contribution in [2.45, 2.75) is 32.5 Å². The van der Waals surface area contributed by atoms with Gasteiger partial charge in [-0.3, -0.25) is 4.90 Å². The first-order valence-corrected chi connectivity index (χ1v) is 10.6. The quantitative estimate of drug-likeness (QED) is 0.670. The van der Waals surface area contributed by atoms with Gasteiger partial charge in [0.05, 0.1) is 19.3 Å². The fraction of sp³-hybridized carbons (Fsp3) is 0.409. The zero-order valence-corrected chi connectivity index (χ0v) is 17.9. The Balaban J connectivity index is 1.46. The molecule has 1 atom stereocenters. The monoisotopic (exact) mass is 445 g/mol. The third kappa shape index (κ3) is 6.33. The number of carbonyl (C=O) groups is 1. The lowest BCUT2D eigenvalue weighted by atomic mass is 10.1. The average molecular weight is 446 g/mol. The van der Waals surface area contributed by atoms with Gasteiger partial charge in [-0.05, 0) is 35.2 Å². The Morgan fingerprint density at radius 2 is 1.71 bits per heavy atom. The summed E-state index contributed by atoms with van der Waals surface area (Å²) in [5, 5.41) is 6.01. The molecule has 1 saturated heterocycles. The van der Waals surface area contributed by atoms with Crippen LogP contribution in [0.4, 0.5) is 4.79 Å². The molecule has 0 saturated carbocycles. The molecular formula is C22H28BrN3O2. The van der Waals surface area contributed by atoms with Gasteiger partial charge in [-0.2, -0.15) is 0 Å². The molecule has 2 amide bonds. The van der Waals surface area contributed by atoms with Gasteiger partial charge in [0.15, 0.2) is 0 Å². The van der Waals surface area contributed by atoms with Crippen LogP contribution in [0.3, 0.4) is 0 Å². The number of benzene rings is 2. The molecule has 6 heteroatoms. The van der Waals surface area contributed by atoms with Gasteiger partial charge >= 0.3 is 6.03 Å². The van der Waals surface area contributed by atoms with E-state index in [-0.39, 0.29) is 12.1 Å². The standard InChI is InChI=1S/C22H28BrN3O2/c1-2-21(19-7-9-20(23)10-8-19)25-22(27)24-15-17-3-5-18(6-4-17)16-26-11-13-28-14-12-26/h3-10,21H,2,11-16H2,1H3,(H2,24,25,27)/t21-/m1/s1. The van der Waals surface area contributed by atoms with Crippen LogP contribution < -0.4 is 10.6 Å². The molecule has 0 unspecified atom stereocenters. The first-order valence-electron chi connectivity index (χ1n) is 9.82. The summed E-state index contributed by atoms with van der Waals surface area (Å²) in [6.45, 7) is 7.14. The van der Waals surface area contributed by atoms with Gasteiger partial charge in [0.2, 0.25) is 0 Å². The van der Waals surface area contributed by atoms with Gasteiger partial charge in [-0.1, -0.05) is 59.3 Å². The predicted octanol–water partition coefficient (Wildman–Crippen LogP) is 4.23. The molecule has 2 aromatic rings. The number of nitrogens with zero attached hydrogens (tertiary/aromatic N) is 1. The van der Waals surface area contributed by atoms with E-state index in [4.69, 9.17) is 4.74 Å². The van der Waals surface area contributed by atoms with Crippen molar-refractivity contribution in [3.63, 3.8) is 0 Å². The lowest BCUT2D eigenvalue weighted by molar-refractivity contribution is 0.0342. The summed E-state index contributed by atoms with van der Waals surface area (Å²) >= 11 is 3.44. The molecule has 0 spiro atoms. The lowest BCUT2D eigenvalue weighted by Gasteiger charge is -2.26. The van der Waals surface area contributed by atoms with Gasteiger partial charge in [-0.15, -0.1) is 0 Å². The van der Waals surface area contributed by atoms with Crippen LogP contribution in [0.1, 0.15) is 36.1 Å². The maximum absolute atomic E-state index is 12.3. The molecule has 2 aromatic carbocycles. The molecule has 2 N–H and O–H groups in total. The Hall–Kier alpha value is -1.89. The van der Waals surface area contributed by atoms with Crippen LogP contribution in [-0.4, -0.2) is 37.2 Å². The molecule has 0 aliphatic carbocycles. The van der Waals surface area contributed by atoms with E-state index in [1.54, 1.807) is 0 Å². The van der Waals surface area contributed by atoms with E-state index in [2.05, 4.69) is 62.7 Å². The van der Waals surface area contributed by atoms with Crippen LogP contribution in [0, 0.1) is 0 Å². The van der Waals surface area contributed by atoms with E-state index < -0.39 is 0 Å². The maximum atomic E-state index is 12.3. The van der Waals surface area contributed by atoms with Crippen molar-refractivity contribution in [2.75, 3.05) is 26.3 Å². The number of carbonyl (C=O) groups excluding carboxylic acids is 1. The summed E-state index contributed by atoms with van der Waals surface area (Å²) in [5.41, 5.74) is 3.49. The SMILES string of the molecule is CC[C@@H](NC(=O)NCc1ccc(CN2CCOCC2)cc1)c1ccc(Br)cc1. The van der Waals surface area contributed by atoms with Crippen molar-refractivity contribution in [3.8, 4) is 0 Å². The van der Waals surface area contributed by atoms with Crippen LogP contribution in [0.2, 0.25) is 0 Å². The highest BCUT2D eigenvalue weighted by Crippen LogP contribution is 2.19. The summed E-state index contributed by atoms with van der Waals surface area (Å²) < 4.78 is 6.42. The molecule has 1 aliphatic heterocycles. The third-order valence-electron chi connectivity index (χ3n) is 4.97. The number of hydrogen-bond acceptors (Lipinski definition) is 3. The molecule has 5 nitrogen and oxygen atoms in total. The van der Waals surface area contributed by atoms with E-state index in [1.807, 2.05) is 24.3 Å². The average Bonchev–Trinajstić information content (AvgIpc) is 2.73. The number of halogens is 1. The van der Waals surface area contributed by atoms with Gasteiger partial charge in [0.1, 0.15) is 0 Å². The summed E-state index contributed by atoms with van der Waals surface area (Å²) in [5.74, 6) is 0. The first-order chi connectivity index (χ1) is 13.6. The maximum Gasteiger partial charge on any atom is 0.315 e. The highest BCUT2D eigenvalue weighted by molar-refractivity contribution is 9.10. The normalized spacial score (nSPS) is 15.8. The molecule has 28 heavy (non-hydrogen) atoms. The Bertz CT molecular complexity index is 743. The zero-order valence-electron chi connectivity index (χ0n) is 16.3. The van der Waals surface area contributed by atoms with Crippen LogP contribution >= 0.6 is 15.9 Å². The minimum Gasteiger partial charge on any atom is -0.379 e. The minimum atomic E-state index is -0.146. The number of ether oxygens (including phenoxy) is 1. The van der Waals surface area contributed by atoms with E-state index in [0.717, 1.165) is 54.9 Å². The molecule has 1 heterocycles. The fourth-order valence-electron chi connectivity index (χ4n) is 3.29. The summed E-state index contributed by atoms with van der Waals surface area (Å²) in [7, 11) is 0. The molecule has 0 aromatic heterocycles. The summed E-state index contributed by atoms with van der Waals surface area (Å²) in [4.78, 5) is 14.7. The van der Waals surface area contributed by atoms with E-state index in [1.165, 1.54) is 5.56 Å². The number of rotatable bonds is 7. The van der Waals surface area contributed by atoms with Crippen LogP contribution in [-0.2, 0) is 17.8 Å². The molecule has 0 bridgehead atoms. The lowest BCUT2D eigenvalue weighted by Crippen LogP contribution is -2.37. The number of urea groups is 1. The smallest absolute Gasteiger partial charge is 0.315 e. The number of nitrogens with one attached hydrogen (secondary N) is 2. The highest BCUT2D eigenvalue weighted by atomic mass is 79.9. The molecule has 150 valence electrons. The Morgan fingerprint density at radius 3 is 2.36 bits per heavy atom. The molecular weight excluding hydrogens is 418 g/mol. The summed E-state index contributed by atoms with van der Waals surface area (Å²) in [6, 6.07) is 16.4. The van der Waals surface area contributed by atoms with Crippen LogP contribution in [0.15, 0.2) is 53.0 Å². The Kier molecular flexibility index (Phi) is 7.89. The molecule has 1 fully saturated rings. The van der Waals surface area contributed by atoms with Crippen LogP contribution in [0.5, 0.6) is 0 Å². The van der Waals surface area contributed by atoms with Crippen molar-refractivity contribution in [1.82, 2.24) is 15.5 Å². The van der Waals surface area contributed by atoms with Crippen molar-refractivity contribution in [1.29, 1.82) is 0 Å². The minimum absolute atomic E-state index is 0.00370. The van der Waals surface area contributed by atoms with Gasteiger partial charge < -0.3 is 15.4 Å². The second kappa shape index (κ2) is 10.6. The largest absolute Gasteiger partial charge is 0.379 e. The Morgan fingerprint density at radius 1 is 1.07 bits per heavy atom. The molecule has 0 radical (unpaired) electrons. The molecule has 3 rings (SSSR count). The van der Waals surface area contributed by atoms with E-state index in [0.29, 0.717) is 6.54 Å². The van der Waals surface area contributed by atoms with Crippen LogP contribution in [0.25, 0.3) is 0 Å². The second-order valence-electron chi connectivity index (χ2n) is 7.04. The van der Waals surface area contributed by atoms with Crippen molar-refractivity contribution < 1.29 is 9.53 Å². The van der Waals surface area contributed by atoms with Crippen molar-refractivity contribution in [2.24, 2.45) is 0 Å². The highest BCUT2D eigenvalue weighted by Gasteiger charge is 2.13. The number of hydrogen-bond donors (Lipinski definition) is 2. The predicted molar refractivity (Wildman–Crippen MR) is 115 cm³/mol. The summed E-state index contributed by atoms with van der Waals surface area (Å²) in [6.07, 6.45) is 0.839. The molecule has 1 aliphatic rings. The van der Waals surface area contributed by atoms with Crippen molar-refractivity contribution in [3.05, 3.63) is 69.7 Å². The van der Waals surface area contributed by atoms with Gasteiger partial charge in [0, 0.05) is 30.7 Å². The Labute approximate surface area is 175 Å².